The SMILES string of the molecule is Fc1ccc(CNC(=S)Nc2c(F)cc(F)cc2Br)cc1. The van der Waals surface area contributed by atoms with E-state index in [1.807, 2.05) is 0 Å². The van der Waals surface area contributed by atoms with Crippen LogP contribution in [0.1, 0.15) is 5.56 Å². The minimum Gasteiger partial charge on any atom is -0.358 e. The smallest absolute Gasteiger partial charge is 0.171 e. The Morgan fingerprint density at radius 3 is 2.33 bits per heavy atom. The van der Waals surface area contributed by atoms with Crippen molar-refractivity contribution < 1.29 is 13.2 Å². The van der Waals surface area contributed by atoms with Gasteiger partial charge in [0.05, 0.1) is 5.69 Å². The highest BCUT2D eigenvalue weighted by Crippen LogP contribution is 2.26. The first-order valence-corrected chi connectivity index (χ1v) is 7.09. The van der Waals surface area contributed by atoms with Gasteiger partial charge in [0, 0.05) is 17.1 Å². The van der Waals surface area contributed by atoms with E-state index >= 15 is 0 Å². The summed E-state index contributed by atoms with van der Waals surface area (Å²) in [6.07, 6.45) is 0. The van der Waals surface area contributed by atoms with Crippen LogP contribution in [0.2, 0.25) is 0 Å². The number of anilines is 1. The number of hydrogen-bond donors (Lipinski definition) is 2. The lowest BCUT2D eigenvalue weighted by Crippen LogP contribution is -2.28. The number of nitrogens with one attached hydrogen (secondary N) is 2. The molecule has 2 rings (SSSR count). The molecule has 0 spiro atoms. The molecule has 0 aliphatic rings. The summed E-state index contributed by atoms with van der Waals surface area (Å²) in [4.78, 5) is 0. The maximum atomic E-state index is 13.6. The molecule has 110 valence electrons. The topological polar surface area (TPSA) is 24.1 Å². The van der Waals surface area contributed by atoms with Gasteiger partial charge in [-0.2, -0.15) is 0 Å². The number of rotatable bonds is 3. The highest BCUT2D eigenvalue weighted by atomic mass is 79.9. The molecule has 0 aliphatic carbocycles. The Morgan fingerprint density at radius 1 is 1.05 bits per heavy atom. The van der Waals surface area contributed by atoms with Gasteiger partial charge in [0.2, 0.25) is 0 Å². The van der Waals surface area contributed by atoms with Crippen molar-refractivity contribution in [2.75, 3.05) is 5.32 Å². The van der Waals surface area contributed by atoms with Crippen LogP contribution in [0.25, 0.3) is 0 Å². The van der Waals surface area contributed by atoms with Crippen LogP contribution in [-0.2, 0) is 6.54 Å². The Morgan fingerprint density at radius 2 is 1.71 bits per heavy atom. The van der Waals surface area contributed by atoms with E-state index in [-0.39, 0.29) is 21.1 Å². The van der Waals surface area contributed by atoms with Crippen LogP contribution >= 0.6 is 28.1 Å². The van der Waals surface area contributed by atoms with Crippen LogP contribution in [0.4, 0.5) is 18.9 Å². The molecule has 2 nitrogen and oxygen atoms in total. The second-order valence-electron chi connectivity index (χ2n) is 4.18. The van der Waals surface area contributed by atoms with Crippen molar-refractivity contribution in [3.8, 4) is 0 Å². The lowest BCUT2D eigenvalue weighted by Gasteiger charge is -2.12. The maximum Gasteiger partial charge on any atom is 0.171 e. The average molecular weight is 375 g/mol. The van der Waals surface area contributed by atoms with Gasteiger partial charge in [-0.3, -0.25) is 0 Å². The van der Waals surface area contributed by atoms with Gasteiger partial charge in [-0.15, -0.1) is 0 Å². The van der Waals surface area contributed by atoms with Gasteiger partial charge in [0.15, 0.2) is 10.9 Å². The van der Waals surface area contributed by atoms with Crippen molar-refractivity contribution in [2.24, 2.45) is 0 Å². The first kappa shape index (κ1) is 15.8. The van der Waals surface area contributed by atoms with E-state index in [0.717, 1.165) is 17.7 Å². The van der Waals surface area contributed by atoms with E-state index in [1.165, 1.54) is 12.1 Å². The van der Waals surface area contributed by atoms with Crippen molar-refractivity contribution in [3.63, 3.8) is 0 Å². The second kappa shape index (κ2) is 6.91. The molecule has 0 radical (unpaired) electrons. The molecule has 0 unspecified atom stereocenters. The highest BCUT2D eigenvalue weighted by molar-refractivity contribution is 9.10. The summed E-state index contributed by atoms with van der Waals surface area (Å²) < 4.78 is 39.6. The van der Waals surface area contributed by atoms with Gasteiger partial charge in [-0.25, -0.2) is 13.2 Å². The molecular weight excluding hydrogens is 365 g/mol. The molecule has 7 heteroatoms. The van der Waals surface area contributed by atoms with Gasteiger partial charge < -0.3 is 10.6 Å². The molecule has 0 amide bonds. The minimum absolute atomic E-state index is 0.0491. The third-order valence-corrected chi connectivity index (χ3v) is 3.48. The van der Waals surface area contributed by atoms with Crippen LogP contribution < -0.4 is 10.6 Å². The fraction of sp³-hybridized carbons (Fsp3) is 0.0714. The molecule has 2 aromatic carbocycles. The van der Waals surface area contributed by atoms with Gasteiger partial charge in [0.1, 0.15) is 11.6 Å². The zero-order valence-corrected chi connectivity index (χ0v) is 13.0. The summed E-state index contributed by atoms with van der Waals surface area (Å²) in [7, 11) is 0. The van der Waals surface area contributed by atoms with Crippen molar-refractivity contribution in [3.05, 3.63) is 63.9 Å². The number of hydrogen-bond acceptors (Lipinski definition) is 1. The summed E-state index contributed by atoms with van der Waals surface area (Å²) in [5.41, 5.74) is 0.868. The third kappa shape index (κ3) is 4.44. The van der Waals surface area contributed by atoms with E-state index in [2.05, 4.69) is 26.6 Å². The van der Waals surface area contributed by atoms with Crippen molar-refractivity contribution >= 4 is 38.9 Å². The molecular formula is C14H10BrF3N2S. The standard InChI is InChI=1S/C14H10BrF3N2S/c15-11-5-10(17)6-12(18)13(11)20-14(21)19-7-8-1-3-9(16)4-2-8/h1-6H,7H2,(H2,19,20,21). The molecule has 0 heterocycles. The summed E-state index contributed by atoms with van der Waals surface area (Å²) in [5.74, 6) is -1.76. The van der Waals surface area contributed by atoms with Crippen LogP contribution in [0.5, 0.6) is 0 Å². The largest absolute Gasteiger partial charge is 0.358 e. The average Bonchev–Trinajstić information content (AvgIpc) is 2.42. The summed E-state index contributed by atoms with van der Waals surface area (Å²) in [6.45, 7) is 0.354. The molecule has 0 saturated heterocycles. The summed E-state index contributed by atoms with van der Waals surface area (Å²) >= 11 is 8.09. The van der Waals surface area contributed by atoms with Gasteiger partial charge in [-0.05, 0) is 51.9 Å². The number of benzene rings is 2. The van der Waals surface area contributed by atoms with Crippen LogP contribution in [0.3, 0.4) is 0 Å². The van der Waals surface area contributed by atoms with E-state index < -0.39 is 11.6 Å². The molecule has 0 fully saturated rings. The Kier molecular flexibility index (Phi) is 5.19. The fourth-order valence-electron chi connectivity index (χ4n) is 1.60. The second-order valence-corrected chi connectivity index (χ2v) is 5.44. The van der Waals surface area contributed by atoms with Crippen molar-refractivity contribution in [1.29, 1.82) is 0 Å². The molecule has 2 N–H and O–H groups in total. The van der Waals surface area contributed by atoms with Crippen molar-refractivity contribution in [1.82, 2.24) is 5.32 Å². The zero-order chi connectivity index (χ0) is 15.4. The molecule has 0 atom stereocenters. The van der Waals surface area contributed by atoms with E-state index in [1.54, 1.807) is 12.1 Å². The minimum atomic E-state index is -0.757. The van der Waals surface area contributed by atoms with Gasteiger partial charge in [0.25, 0.3) is 0 Å². The maximum absolute atomic E-state index is 13.6. The van der Waals surface area contributed by atoms with Crippen LogP contribution in [-0.4, -0.2) is 5.11 Å². The molecule has 0 aromatic heterocycles. The Hall–Kier alpha value is -1.60. The van der Waals surface area contributed by atoms with Gasteiger partial charge >= 0.3 is 0 Å². The number of thiocarbonyl (C=S) groups is 1. The molecule has 21 heavy (non-hydrogen) atoms. The summed E-state index contributed by atoms with van der Waals surface area (Å²) in [5, 5.41) is 5.67. The molecule has 0 bridgehead atoms. The Labute approximate surface area is 133 Å². The third-order valence-electron chi connectivity index (χ3n) is 2.61. The first-order chi connectivity index (χ1) is 9.95. The Bertz CT molecular complexity index is 639. The highest BCUT2D eigenvalue weighted by Gasteiger charge is 2.10. The Balaban J connectivity index is 1.97. The lowest BCUT2D eigenvalue weighted by atomic mass is 10.2. The summed E-state index contributed by atoms with van der Waals surface area (Å²) in [6, 6.07) is 7.79. The molecule has 2 aromatic rings. The molecule has 0 saturated carbocycles. The normalized spacial score (nSPS) is 10.3. The lowest BCUT2D eigenvalue weighted by molar-refractivity contribution is 0.585. The first-order valence-electron chi connectivity index (χ1n) is 5.89. The van der Waals surface area contributed by atoms with Crippen LogP contribution in [0.15, 0.2) is 40.9 Å². The van der Waals surface area contributed by atoms with E-state index in [0.29, 0.717) is 6.54 Å². The fourth-order valence-corrected chi connectivity index (χ4v) is 2.29. The predicted octanol–water partition coefficient (Wildman–Crippen LogP) is 4.35. The zero-order valence-electron chi connectivity index (χ0n) is 10.6. The van der Waals surface area contributed by atoms with Gasteiger partial charge in [-0.1, -0.05) is 12.1 Å². The van der Waals surface area contributed by atoms with Crippen LogP contribution in [0, 0.1) is 17.5 Å². The van der Waals surface area contributed by atoms with E-state index in [4.69, 9.17) is 12.2 Å². The van der Waals surface area contributed by atoms with Crippen molar-refractivity contribution in [2.45, 2.75) is 6.54 Å². The number of halogens is 4. The molecule has 0 aliphatic heterocycles. The van der Waals surface area contributed by atoms with E-state index in [9.17, 15) is 13.2 Å². The quantitative estimate of drug-likeness (QED) is 0.780. The predicted molar refractivity (Wildman–Crippen MR) is 83.5 cm³/mol. The monoisotopic (exact) mass is 374 g/mol.